The lowest BCUT2D eigenvalue weighted by Gasteiger charge is -2.40. The molecule has 1 rings (SSSR count). The number of esters is 3. The van der Waals surface area contributed by atoms with E-state index in [9.17, 15) is 34.5 Å². The number of aliphatic hydroxyl groups excluding tert-OH is 2. The van der Waals surface area contributed by atoms with Crippen LogP contribution in [0.4, 0.5) is 0 Å². The fourth-order valence-electron chi connectivity index (χ4n) is 8.33. The van der Waals surface area contributed by atoms with Gasteiger partial charge in [0.2, 0.25) is 0 Å². The van der Waals surface area contributed by atoms with Crippen molar-refractivity contribution in [2.45, 2.75) is 289 Å². The van der Waals surface area contributed by atoms with Crippen molar-refractivity contribution in [1.82, 2.24) is 0 Å². The normalized spacial score (nSPS) is 18.9. The van der Waals surface area contributed by atoms with Gasteiger partial charge in [0.15, 0.2) is 24.6 Å². The number of carbonyl (C=O) groups is 4. The highest BCUT2D eigenvalue weighted by atomic mass is 16.7. The maximum absolute atomic E-state index is 13.1. The second kappa shape index (κ2) is 46.0. The number of hydrogen-bond acceptors (Lipinski definition) is 11. The zero-order valence-corrected chi connectivity index (χ0v) is 43.8. The number of aliphatic hydroxyl groups is 2. The Hall–Kier alpha value is -3.06. The van der Waals surface area contributed by atoms with Gasteiger partial charge >= 0.3 is 23.9 Å². The molecule has 0 aliphatic carbocycles. The molecule has 0 aromatic heterocycles. The Balaban J connectivity index is 2.71. The number of aliphatic carboxylic acids is 1. The van der Waals surface area contributed by atoms with Crippen molar-refractivity contribution >= 4 is 23.9 Å². The van der Waals surface area contributed by atoms with E-state index >= 15 is 0 Å². The standard InChI is InChI=1S/C57H100O12/c1-4-7-10-13-16-19-22-24-25-27-29-31-34-37-40-43-49(58)65-46-48(67-50(59)44-41-38-35-32-28-21-18-15-12-9-6-3)47-66-57-55(53(62)52(61)54(69-57)56(63)64)68-51(60)45-42-39-36-33-30-26-23-20-17-14-11-8-5-2/h16,19-20,23-25,48,52-55,57,61-62H,4-15,17-18,21-22,26-47H2,1-3H3,(H,63,64)/b19-16-,23-20-,25-24-. The maximum atomic E-state index is 13.1. The van der Waals surface area contributed by atoms with Crippen LogP contribution < -0.4 is 0 Å². The van der Waals surface area contributed by atoms with Crippen molar-refractivity contribution in [2.75, 3.05) is 13.2 Å². The van der Waals surface area contributed by atoms with Crippen LogP contribution in [-0.2, 0) is 42.9 Å². The van der Waals surface area contributed by atoms with Crippen molar-refractivity contribution in [3.05, 3.63) is 36.5 Å². The third-order valence-corrected chi connectivity index (χ3v) is 12.7. The van der Waals surface area contributed by atoms with E-state index in [0.717, 1.165) is 103 Å². The molecule has 0 aromatic rings. The number of ether oxygens (including phenoxy) is 5. The number of carboxylic acids is 1. The first-order chi connectivity index (χ1) is 33.6. The van der Waals surface area contributed by atoms with Crippen LogP contribution in [0.3, 0.4) is 0 Å². The second-order valence-electron chi connectivity index (χ2n) is 19.2. The molecule has 0 saturated carbocycles. The molecule has 1 aliphatic rings. The molecule has 400 valence electrons. The summed E-state index contributed by atoms with van der Waals surface area (Å²) in [5.41, 5.74) is 0. The molecule has 12 heteroatoms. The van der Waals surface area contributed by atoms with E-state index in [0.29, 0.717) is 19.3 Å². The minimum absolute atomic E-state index is 0.0516. The molecule has 1 saturated heterocycles. The zero-order valence-electron chi connectivity index (χ0n) is 43.8. The number of unbranched alkanes of at least 4 members (excludes halogenated alkanes) is 27. The van der Waals surface area contributed by atoms with Crippen LogP contribution in [-0.4, -0.2) is 89.2 Å². The lowest BCUT2D eigenvalue weighted by molar-refractivity contribution is -0.301. The largest absolute Gasteiger partial charge is 0.479 e. The lowest BCUT2D eigenvalue weighted by atomic mass is 9.98. The summed E-state index contributed by atoms with van der Waals surface area (Å²) in [6.45, 7) is 5.92. The fourth-order valence-corrected chi connectivity index (χ4v) is 8.33. The first kappa shape index (κ1) is 64.0. The van der Waals surface area contributed by atoms with Crippen molar-refractivity contribution in [3.8, 4) is 0 Å². The maximum Gasteiger partial charge on any atom is 0.335 e. The number of allylic oxidation sites excluding steroid dienone is 6. The first-order valence-electron chi connectivity index (χ1n) is 28.0. The minimum Gasteiger partial charge on any atom is -0.479 e. The highest BCUT2D eigenvalue weighted by Crippen LogP contribution is 2.26. The molecule has 3 N–H and O–H groups in total. The van der Waals surface area contributed by atoms with Gasteiger partial charge in [-0.05, 0) is 77.0 Å². The molecule has 0 bridgehead atoms. The molecule has 0 spiro atoms. The second-order valence-corrected chi connectivity index (χ2v) is 19.2. The number of rotatable bonds is 47. The Morgan fingerprint density at radius 3 is 1.36 bits per heavy atom. The summed E-state index contributed by atoms with van der Waals surface area (Å²) in [5.74, 6) is -3.13. The molecule has 12 nitrogen and oxygen atoms in total. The average molecular weight is 977 g/mol. The van der Waals surface area contributed by atoms with Gasteiger partial charge in [-0.15, -0.1) is 0 Å². The smallest absolute Gasteiger partial charge is 0.335 e. The summed E-state index contributed by atoms with van der Waals surface area (Å²) in [4.78, 5) is 50.9. The molecule has 1 heterocycles. The highest BCUT2D eigenvalue weighted by molar-refractivity contribution is 5.74. The Kier molecular flexibility index (Phi) is 42.7. The summed E-state index contributed by atoms with van der Waals surface area (Å²) in [6.07, 6.45) is 39.8. The molecule has 69 heavy (non-hydrogen) atoms. The average Bonchev–Trinajstić information content (AvgIpc) is 3.33. The van der Waals surface area contributed by atoms with Gasteiger partial charge in [-0.3, -0.25) is 14.4 Å². The molecule has 1 fully saturated rings. The van der Waals surface area contributed by atoms with Crippen molar-refractivity contribution in [1.29, 1.82) is 0 Å². The van der Waals surface area contributed by atoms with Gasteiger partial charge in [-0.25, -0.2) is 4.79 Å². The number of carbonyl (C=O) groups excluding carboxylic acids is 3. The molecule has 1 aliphatic heterocycles. The van der Waals surface area contributed by atoms with Crippen molar-refractivity contribution in [3.63, 3.8) is 0 Å². The summed E-state index contributed by atoms with van der Waals surface area (Å²) in [7, 11) is 0. The van der Waals surface area contributed by atoms with Crippen LogP contribution in [0.1, 0.15) is 252 Å². The van der Waals surface area contributed by atoms with Crippen LogP contribution >= 0.6 is 0 Å². The Labute approximate surface area is 419 Å². The van der Waals surface area contributed by atoms with Crippen LogP contribution in [0.25, 0.3) is 0 Å². The van der Waals surface area contributed by atoms with E-state index in [1.165, 1.54) is 89.9 Å². The van der Waals surface area contributed by atoms with Gasteiger partial charge < -0.3 is 39.0 Å². The Morgan fingerprint density at radius 1 is 0.478 bits per heavy atom. The molecule has 6 atom stereocenters. The van der Waals surface area contributed by atoms with Crippen molar-refractivity contribution < 1.29 is 58.2 Å². The van der Waals surface area contributed by atoms with Gasteiger partial charge in [0.25, 0.3) is 0 Å². The molecule has 0 radical (unpaired) electrons. The number of carboxylic acid groups (broad SMARTS) is 1. The predicted octanol–water partition coefficient (Wildman–Crippen LogP) is 13.7. The van der Waals surface area contributed by atoms with Crippen LogP contribution in [0.15, 0.2) is 36.5 Å². The highest BCUT2D eigenvalue weighted by Gasteiger charge is 2.50. The topological polar surface area (TPSA) is 175 Å². The van der Waals surface area contributed by atoms with E-state index in [2.05, 4.69) is 57.2 Å². The summed E-state index contributed by atoms with van der Waals surface area (Å²) < 4.78 is 28.3. The fraction of sp³-hybridized carbons (Fsp3) is 0.825. The van der Waals surface area contributed by atoms with Gasteiger partial charge in [-0.1, -0.05) is 192 Å². The zero-order chi connectivity index (χ0) is 50.4. The van der Waals surface area contributed by atoms with Crippen LogP contribution in [0.2, 0.25) is 0 Å². The third kappa shape index (κ3) is 36.5. The van der Waals surface area contributed by atoms with E-state index in [1.807, 2.05) is 0 Å². The first-order valence-corrected chi connectivity index (χ1v) is 28.0. The monoisotopic (exact) mass is 977 g/mol. The van der Waals surface area contributed by atoms with Gasteiger partial charge in [0, 0.05) is 19.3 Å². The van der Waals surface area contributed by atoms with Gasteiger partial charge in [0.05, 0.1) is 6.61 Å². The van der Waals surface area contributed by atoms with Crippen LogP contribution in [0.5, 0.6) is 0 Å². The molecule has 0 aromatic carbocycles. The molecule has 0 amide bonds. The van der Waals surface area contributed by atoms with Gasteiger partial charge in [-0.2, -0.15) is 0 Å². The summed E-state index contributed by atoms with van der Waals surface area (Å²) in [6, 6.07) is 0. The minimum atomic E-state index is -1.90. The molecule has 6 unspecified atom stereocenters. The SMILES string of the molecule is CCCCC/C=C\C/C=C\CCCCCCCC(=O)OCC(COC1OC(C(=O)O)C(O)C(O)C1OC(=O)CCCCCCC/C=C\CCCCCC)OC(=O)CCCCCCCCCCCCC. The Morgan fingerprint density at radius 2 is 0.870 bits per heavy atom. The van der Waals surface area contributed by atoms with Gasteiger partial charge in [0.1, 0.15) is 18.8 Å². The predicted molar refractivity (Wildman–Crippen MR) is 276 cm³/mol. The van der Waals surface area contributed by atoms with Crippen molar-refractivity contribution in [2.24, 2.45) is 0 Å². The lowest BCUT2D eigenvalue weighted by Crippen LogP contribution is -2.61. The quantitative estimate of drug-likeness (QED) is 0.0228. The third-order valence-electron chi connectivity index (χ3n) is 12.7. The van der Waals surface area contributed by atoms with E-state index < -0.39 is 67.3 Å². The van der Waals surface area contributed by atoms with E-state index in [1.54, 1.807) is 0 Å². The summed E-state index contributed by atoms with van der Waals surface area (Å²) >= 11 is 0. The Bertz CT molecular complexity index is 1350. The molecular formula is C57H100O12. The summed E-state index contributed by atoms with van der Waals surface area (Å²) in [5, 5.41) is 31.4. The number of hydrogen-bond donors (Lipinski definition) is 3. The van der Waals surface area contributed by atoms with E-state index in [4.69, 9.17) is 23.7 Å². The van der Waals surface area contributed by atoms with E-state index in [-0.39, 0.29) is 25.9 Å². The molecular weight excluding hydrogens is 877 g/mol. The van der Waals surface area contributed by atoms with Crippen LogP contribution in [0, 0.1) is 0 Å².